The Bertz CT molecular complexity index is 577. The topological polar surface area (TPSA) is 103 Å². The smallest absolute Gasteiger partial charge is 0.266 e. The van der Waals surface area contributed by atoms with Gasteiger partial charge in [-0.15, -0.1) is 11.3 Å². The molecule has 0 aliphatic rings. The molecule has 2 aromatic heterocycles. The van der Waals surface area contributed by atoms with Crippen LogP contribution in [0.3, 0.4) is 0 Å². The first-order valence-corrected chi connectivity index (χ1v) is 6.25. The van der Waals surface area contributed by atoms with E-state index in [-0.39, 0.29) is 12.4 Å². The SMILES string of the molecule is Cc1cc(NC(=O)CO/N=C(\N)c2cccs2)no1. The third-order valence-corrected chi connectivity index (χ3v) is 2.92. The van der Waals surface area contributed by atoms with Crippen molar-refractivity contribution >= 4 is 28.9 Å². The van der Waals surface area contributed by atoms with E-state index in [1.165, 1.54) is 11.3 Å². The molecule has 0 atom stereocenters. The summed E-state index contributed by atoms with van der Waals surface area (Å²) in [5.41, 5.74) is 5.66. The molecule has 2 aromatic rings. The Labute approximate surface area is 113 Å². The number of amidine groups is 1. The average molecular weight is 280 g/mol. The van der Waals surface area contributed by atoms with Crippen LogP contribution < -0.4 is 11.1 Å². The highest BCUT2D eigenvalue weighted by molar-refractivity contribution is 7.12. The Morgan fingerprint density at radius 1 is 1.68 bits per heavy atom. The van der Waals surface area contributed by atoms with Gasteiger partial charge in [0.05, 0.1) is 4.88 Å². The van der Waals surface area contributed by atoms with Gasteiger partial charge in [0.15, 0.2) is 18.3 Å². The number of nitrogens with two attached hydrogens (primary N) is 1. The number of oxime groups is 1. The molecule has 0 radical (unpaired) electrons. The number of aromatic nitrogens is 1. The van der Waals surface area contributed by atoms with Crippen LogP contribution in [0.2, 0.25) is 0 Å². The third kappa shape index (κ3) is 3.81. The van der Waals surface area contributed by atoms with Crippen molar-refractivity contribution in [2.45, 2.75) is 6.92 Å². The second-order valence-corrected chi connectivity index (χ2v) is 4.55. The van der Waals surface area contributed by atoms with E-state index in [1.807, 2.05) is 17.5 Å². The Kier molecular flexibility index (Phi) is 4.14. The van der Waals surface area contributed by atoms with Gasteiger partial charge in [-0.25, -0.2) is 0 Å². The van der Waals surface area contributed by atoms with E-state index in [0.29, 0.717) is 11.6 Å². The highest BCUT2D eigenvalue weighted by atomic mass is 32.1. The van der Waals surface area contributed by atoms with Gasteiger partial charge < -0.3 is 20.4 Å². The molecule has 0 fully saturated rings. The van der Waals surface area contributed by atoms with Crippen molar-refractivity contribution in [1.29, 1.82) is 0 Å². The molecule has 0 saturated carbocycles. The molecule has 0 unspecified atom stereocenters. The van der Waals surface area contributed by atoms with Crippen LogP contribution in [-0.2, 0) is 9.63 Å². The number of aryl methyl sites for hydroxylation is 1. The second-order valence-electron chi connectivity index (χ2n) is 3.60. The molecule has 2 rings (SSSR count). The predicted molar refractivity (Wildman–Crippen MR) is 70.9 cm³/mol. The molecule has 0 aromatic carbocycles. The molecule has 100 valence electrons. The fourth-order valence-corrected chi connectivity index (χ4v) is 1.85. The molecule has 3 N–H and O–H groups in total. The molecule has 0 aliphatic heterocycles. The third-order valence-electron chi connectivity index (χ3n) is 2.03. The van der Waals surface area contributed by atoms with Crippen LogP contribution in [0, 0.1) is 6.92 Å². The van der Waals surface area contributed by atoms with Crippen LogP contribution in [0.25, 0.3) is 0 Å². The molecule has 8 heteroatoms. The molecule has 0 bridgehead atoms. The highest BCUT2D eigenvalue weighted by Crippen LogP contribution is 2.08. The van der Waals surface area contributed by atoms with Crippen LogP contribution in [0.15, 0.2) is 33.3 Å². The number of anilines is 1. The number of nitrogens with one attached hydrogen (secondary N) is 1. The van der Waals surface area contributed by atoms with Crippen molar-refractivity contribution in [3.8, 4) is 0 Å². The van der Waals surface area contributed by atoms with Crippen molar-refractivity contribution in [3.05, 3.63) is 34.2 Å². The van der Waals surface area contributed by atoms with E-state index in [1.54, 1.807) is 13.0 Å². The zero-order valence-corrected chi connectivity index (χ0v) is 10.9. The Morgan fingerprint density at radius 2 is 2.53 bits per heavy atom. The van der Waals surface area contributed by atoms with Crippen LogP contribution in [0.4, 0.5) is 5.82 Å². The number of thiophene rings is 1. The maximum absolute atomic E-state index is 11.5. The van der Waals surface area contributed by atoms with Crippen LogP contribution in [-0.4, -0.2) is 23.5 Å². The number of amides is 1. The summed E-state index contributed by atoms with van der Waals surface area (Å²) in [7, 11) is 0. The van der Waals surface area contributed by atoms with E-state index in [4.69, 9.17) is 15.1 Å². The van der Waals surface area contributed by atoms with Crippen LogP contribution >= 0.6 is 11.3 Å². The van der Waals surface area contributed by atoms with Gasteiger partial charge in [-0.05, 0) is 18.4 Å². The average Bonchev–Trinajstić information content (AvgIpc) is 3.00. The Balaban J connectivity index is 1.79. The van der Waals surface area contributed by atoms with Crippen molar-refractivity contribution in [3.63, 3.8) is 0 Å². The van der Waals surface area contributed by atoms with Gasteiger partial charge in [0.1, 0.15) is 5.76 Å². The van der Waals surface area contributed by atoms with E-state index >= 15 is 0 Å². The monoisotopic (exact) mass is 280 g/mol. The lowest BCUT2D eigenvalue weighted by Crippen LogP contribution is -2.19. The zero-order valence-electron chi connectivity index (χ0n) is 10.1. The molecular formula is C11H12N4O3S. The Morgan fingerprint density at radius 3 is 3.16 bits per heavy atom. The summed E-state index contributed by atoms with van der Waals surface area (Å²) in [5, 5.41) is 11.6. The van der Waals surface area contributed by atoms with Gasteiger partial charge in [0.2, 0.25) is 0 Å². The highest BCUT2D eigenvalue weighted by Gasteiger charge is 2.07. The lowest BCUT2D eigenvalue weighted by Gasteiger charge is -2.00. The molecule has 0 spiro atoms. The number of nitrogens with zero attached hydrogens (tertiary/aromatic N) is 2. The van der Waals surface area contributed by atoms with E-state index < -0.39 is 5.91 Å². The summed E-state index contributed by atoms with van der Waals surface area (Å²) in [6, 6.07) is 5.26. The number of rotatable bonds is 5. The first kappa shape index (κ1) is 13.1. The zero-order chi connectivity index (χ0) is 13.7. The summed E-state index contributed by atoms with van der Waals surface area (Å²) in [6.45, 7) is 1.48. The summed E-state index contributed by atoms with van der Waals surface area (Å²) in [4.78, 5) is 17.1. The number of carbonyl (C=O) groups is 1. The summed E-state index contributed by atoms with van der Waals surface area (Å²) in [5.74, 6) is 0.786. The standard InChI is InChI=1S/C11H12N4O3S/c1-7-5-9(14-18-7)13-10(16)6-17-15-11(12)8-3-2-4-19-8/h2-5H,6H2,1H3,(H2,12,15)(H,13,14,16). The first-order valence-electron chi connectivity index (χ1n) is 5.37. The molecule has 2 heterocycles. The quantitative estimate of drug-likeness (QED) is 0.488. The maximum Gasteiger partial charge on any atom is 0.266 e. The van der Waals surface area contributed by atoms with E-state index in [9.17, 15) is 4.79 Å². The largest absolute Gasteiger partial charge is 0.384 e. The molecule has 0 saturated heterocycles. The lowest BCUT2D eigenvalue weighted by molar-refractivity contribution is -0.120. The number of hydrogen-bond acceptors (Lipinski definition) is 6. The summed E-state index contributed by atoms with van der Waals surface area (Å²) < 4.78 is 4.81. The first-order chi connectivity index (χ1) is 9.15. The van der Waals surface area contributed by atoms with Gasteiger partial charge in [0, 0.05) is 6.07 Å². The van der Waals surface area contributed by atoms with E-state index in [2.05, 4.69) is 15.6 Å². The minimum absolute atomic E-state index is 0.236. The van der Waals surface area contributed by atoms with Gasteiger partial charge in [0.25, 0.3) is 5.91 Å². The van der Waals surface area contributed by atoms with Crippen molar-refractivity contribution in [2.24, 2.45) is 10.9 Å². The molecule has 19 heavy (non-hydrogen) atoms. The van der Waals surface area contributed by atoms with Gasteiger partial charge >= 0.3 is 0 Å². The van der Waals surface area contributed by atoms with Gasteiger partial charge in [-0.1, -0.05) is 16.4 Å². The normalized spacial score (nSPS) is 11.3. The minimum atomic E-state index is -0.393. The Hall–Kier alpha value is -2.35. The number of carbonyl (C=O) groups excluding carboxylic acids is 1. The van der Waals surface area contributed by atoms with Crippen molar-refractivity contribution in [2.75, 3.05) is 11.9 Å². The summed E-state index contributed by atoms with van der Waals surface area (Å²) >= 11 is 1.44. The van der Waals surface area contributed by atoms with Crippen molar-refractivity contribution < 1.29 is 14.2 Å². The van der Waals surface area contributed by atoms with Crippen LogP contribution in [0.1, 0.15) is 10.6 Å². The fraction of sp³-hybridized carbons (Fsp3) is 0.182. The lowest BCUT2D eigenvalue weighted by atomic mass is 10.4. The molecular weight excluding hydrogens is 268 g/mol. The molecule has 1 amide bonds. The number of hydrogen-bond donors (Lipinski definition) is 2. The van der Waals surface area contributed by atoms with E-state index in [0.717, 1.165) is 4.88 Å². The maximum atomic E-state index is 11.5. The predicted octanol–water partition coefficient (Wildman–Crippen LogP) is 1.32. The van der Waals surface area contributed by atoms with Crippen LogP contribution in [0.5, 0.6) is 0 Å². The van der Waals surface area contributed by atoms with Gasteiger partial charge in [-0.3, -0.25) is 4.79 Å². The van der Waals surface area contributed by atoms with Gasteiger partial charge in [-0.2, -0.15) is 0 Å². The molecule has 7 nitrogen and oxygen atoms in total. The minimum Gasteiger partial charge on any atom is -0.384 e. The summed E-state index contributed by atoms with van der Waals surface area (Å²) in [6.07, 6.45) is 0. The van der Waals surface area contributed by atoms with Crippen molar-refractivity contribution in [1.82, 2.24) is 5.16 Å². The fourth-order valence-electron chi connectivity index (χ4n) is 1.23. The second kappa shape index (κ2) is 6.01. The molecule has 0 aliphatic carbocycles.